The van der Waals surface area contributed by atoms with Gasteiger partial charge in [-0.2, -0.15) is 0 Å². The van der Waals surface area contributed by atoms with Gasteiger partial charge in [0.1, 0.15) is 6.61 Å². The van der Waals surface area contributed by atoms with Crippen LogP contribution in [0.5, 0.6) is 5.75 Å². The number of carbonyl (C=O) groups is 2. The van der Waals surface area contributed by atoms with E-state index in [-0.39, 0.29) is 36.5 Å². The molecular formula is C22H24ClN5O4. The molecule has 1 aromatic carbocycles. The molecule has 32 heavy (non-hydrogen) atoms. The number of rotatable bonds is 9. The minimum absolute atomic E-state index is 0.109. The summed E-state index contributed by atoms with van der Waals surface area (Å²) in [5.41, 5.74) is 1.24. The van der Waals surface area contributed by atoms with E-state index in [2.05, 4.69) is 32.5 Å². The number of nitrogens with zero attached hydrogens (tertiary/aromatic N) is 2. The molecule has 2 fully saturated rings. The Morgan fingerprint density at radius 3 is 2.66 bits per heavy atom. The van der Waals surface area contributed by atoms with Crippen LogP contribution in [-0.2, 0) is 16.1 Å². The first-order valence-corrected chi connectivity index (χ1v) is 10.7. The Bertz CT molecular complexity index is 996. The third-order valence-electron chi connectivity index (χ3n) is 5.15. The maximum atomic E-state index is 12.3. The smallest absolute Gasteiger partial charge is 0.251 e. The predicted octanol–water partition coefficient (Wildman–Crippen LogP) is 2.08. The van der Waals surface area contributed by atoms with E-state index in [0.717, 1.165) is 12.8 Å². The van der Waals surface area contributed by atoms with Gasteiger partial charge in [-0.15, -0.1) is 0 Å². The highest BCUT2D eigenvalue weighted by atomic mass is 35.5. The van der Waals surface area contributed by atoms with E-state index < -0.39 is 0 Å². The highest BCUT2D eigenvalue weighted by molar-refractivity contribution is 6.31. The number of aromatic nitrogens is 2. The number of amides is 2. The van der Waals surface area contributed by atoms with Crippen LogP contribution in [0, 0.1) is 0 Å². The van der Waals surface area contributed by atoms with Crippen molar-refractivity contribution in [3.05, 3.63) is 59.4 Å². The zero-order valence-electron chi connectivity index (χ0n) is 17.3. The van der Waals surface area contributed by atoms with Crippen molar-refractivity contribution >= 4 is 29.4 Å². The fraction of sp³-hybridized carbons (Fsp3) is 0.364. The molecule has 2 heterocycles. The first-order valence-electron chi connectivity index (χ1n) is 10.3. The molecule has 1 aliphatic heterocycles. The Morgan fingerprint density at radius 2 is 1.94 bits per heavy atom. The summed E-state index contributed by atoms with van der Waals surface area (Å²) in [6.45, 7) is 4.45. The van der Waals surface area contributed by atoms with Crippen LogP contribution < -0.4 is 20.7 Å². The normalized spacial score (nSPS) is 19.8. The lowest BCUT2D eigenvalue weighted by Crippen LogP contribution is -2.45. The van der Waals surface area contributed by atoms with Gasteiger partial charge in [0.15, 0.2) is 5.75 Å². The third-order valence-corrected chi connectivity index (χ3v) is 5.52. The zero-order valence-corrected chi connectivity index (χ0v) is 18.1. The largest absolute Gasteiger partial charge is 0.486 e. The molecule has 1 aromatic heterocycles. The molecule has 2 atom stereocenters. The number of nitrogens with one attached hydrogen (secondary N) is 3. The van der Waals surface area contributed by atoms with Crippen LogP contribution in [-0.4, -0.2) is 53.1 Å². The van der Waals surface area contributed by atoms with Gasteiger partial charge in [-0.25, -0.2) is 9.97 Å². The van der Waals surface area contributed by atoms with Crippen molar-refractivity contribution < 1.29 is 19.1 Å². The number of carbonyl (C=O) groups excluding carboxylic acids is 2. The van der Waals surface area contributed by atoms with Gasteiger partial charge in [0.2, 0.25) is 11.9 Å². The van der Waals surface area contributed by atoms with Gasteiger partial charge in [-0.1, -0.05) is 18.2 Å². The minimum Gasteiger partial charge on any atom is -0.486 e. The first kappa shape index (κ1) is 22.0. The van der Waals surface area contributed by atoms with Crippen molar-refractivity contribution in [1.29, 1.82) is 0 Å². The Labute approximate surface area is 190 Å². The third kappa shape index (κ3) is 5.74. The van der Waals surface area contributed by atoms with E-state index in [1.807, 2.05) is 0 Å². The molecule has 1 saturated heterocycles. The summed E-state index contributed by atoms with van der Waals surface area (Å²) >= 11 is 6.26. The van der Waals surface area contributed by atoms with Gasteiger partial charge in [0.05, 0.1) is 37.7 Å². The number of benzene rings is 1. The molecule has 168 valence electrons. The fourth-order valence-corrected chi connectivity index (χ4v) is 3.37. The van der Waals surface area contributed by atoms with Crippen molar-refractivity contribution in [2.24, 2.45) is 0 Å². The van der Waals surface area contributed by atoms with Crippen LogP contribution in [0.25, 0.3) is 0 Å². The van der Waals surface area contributed by atoms with Crippen LogP contribution in [0.1, 0.15) is 28.8 Å². The lowest BCUT2D eigenvalue weighted by atomic mass is 10.1. The second kappa shape index (κ2) is 9.97. The molecule has 2 aliphatic rings. The summed E-state index contributed by atoms with van der Waals surface area (Å²) in [5, 5.41) is 9.44. The van der Waals surface area contributed by atoms with Gasteiger partial charge < -0.3 is 25.4 Å². The average Bonchev–Trinajstić information content (AvgIpc) is 3.52. The van der Waals surface area contributed by atoms with Gasteiger partial charge in [-0.3, -0.25) is 9.59 Å². The maximum Gasteiger partial charge on any atom is 0.251 e. The Hall–Kier alpha value is -3.17. The molecule has 4 rings (SSSR count). The molecule has 0 radical (unpaired) electrons. The van der Waals surface area contributed by atoms with E-state index in [1.54, 1.807) is 30.6 Å². The van der Waals surface area contributed by atoms with E-state index in [0.29, 0.717) is 41.1 Å². The van der Waals surface area contributed by atoms with E-state index >= 15 is 0 Å². The van der Waals surface area contributed by atoms with Crippen LogP contribution in [0.3, 0.4) is 0 Å². The number of ether oxygens (including phenoxy) is 2. The van der Waals surface area contributed by atoms with E-state index in [1.165, 1.54) is 6.08 Å². The van der Waals surface area contributed by atoms with Crippen molar-refractivity contribution in [2.75, 3.05) is 18.5 Å². The molecule has 10 heteroatoms. The molecule has 2 amide bonds. The molecule has 1 saturated carbocycles. The first-order chi connectivity index (χ1) is 15.5. The maximum absolute atomic E-state index is 12.3. The van der Waals surface area contributed by atoms with Crippen molar-refractivity contribution in [3.63, 3.8) is 0 Å². The quantitative estimate of drug-likeness (QED) is 0.494. The summed E-state index contributed by atoms with van der Waals surface area (Å²) in [6.07, 6.45) is 6.36. The molecule has 1 aliphatic carbocycles. The van der Waals surface area contributed by atoms with Gasteiger partial charge in [0, 0.05) is 22.2 Å². The standard InChI is InChI=1S/C22H24ClN5O4/c1-2-20(29)27-18-11-31-12-19(18)28-22-24-8-16(9-25-22)32-10-14-7-13(3-6-17(14)23)21(30)26-15-4-5-15/h2-3,6-9,15,18-19H,1,4-5,10-12H2,(H,26,30)(H,27,29)(H,24,25,28). The van der Waals surface area contributed by atoms with Gasteiger partial charge in [-0.05, 0) is 37.1 Å². The summed E-state index contributed by atoms with van der Waals surface area (Å²) in [4.78, 5) is 32.3. The van der Waals surface area contributed by atoms with E-state index in [9.17, 15) is 9.59 Å². The molecule has 3 N–H and O–H groups in total. The predicted molar refractivity (Wildman–Crippen MR) is 119 cm³/mol. The lowest BCUT2D eigenvalue weighted by Gasteiger charge is -2.19. The summed E-state index contributed by atoms with van der Waals surface area (Å²) < 4.78 is 11.2. The summed E-state index contributed by atoms with van der Waals surface area (Å²) in [7, 11) is 0. The zero-order chi connectivity index (χ0) is 22.5. The Morgan fingerprint density at radius 1 is 1.19 bits per heavy atom. The van der Waals surface area contributed by atoms with Gasteiger partial charge >= 0.3 is 0 Å². The SMILES string of the molecule is C=CC(=O)NC1COCC1Nc1ncc(OCc2cc(C(=O)NC3CC3)ccc2Cl)cn1. The molecule has 2 aromatic rings. The molecule has 9 nitrogen and oxygen atoms in total. The highest BCUT2D eigenvalue weighted by Crippen LogP contribution is 2.23. The second-order valence-electron chi connectivity index (χ2n) is 7.69. The number of hydrogen-bond acceptors (Lipinski definition) is 7. The van der Waals surface area contributed by atoms with Crippen LogP contribution >= 0.6 is 11.6 Å². The topological polar surface area (TPSA) is 114 Å². The average molecular weight is 458 g/mol. The summed E-state index contributed by atoms with van der Waals surface area (Å²) in [5.74, 6) is 0.480. The highest BCUT2D eigenvalue weighted by Gasteiger charge is 2.29. The van der Waals surface area contributed by atoms with Crippen molar-refractivity contribution in [1.82, 2.24) is 20.6 Å². The fourth-order valence-electron chi connectivity index (χ4n) is 3.20. The van der Waals surface area contributed by atoms with Crippen molar-refractivity contribution in [3.8, 4) is 5.75 Å². The second-order valence-corrected chi connectivity index (χ2v) is 8.10. The number of hydrogen-bond donors (Lipinski definition) is 3. The Balaban J connectivity index is 1.32. The Kier molecular flexibility index (Phi) is 6.87. The number of anilines is 1. The van der Waals surface area contributed by atoms with E-state index in [4.69, 9.17) is 21.1 Å². The minimum atomic E-state index is -0.260. The lowest BCUT2D eigenvalue weighted by molar-refractivity contribution is -0.117. The summed E-state index contributed by atoms with van der Waals surface area (Å²) in [6, 6.07) is 5.04. The van der Waals surface area contributed by atoms with Crippen molar-refractivity contribution in [2.45, 2.75) is 37.6 Å². The molecule has 0 spiro atoms. The van der Waals surface area contributed by atoms with Gasteiger partial charge in [0.25, 0.3) is 5.91 Å². The number of halogens is 1. The van der Waals surface area contributed by atoms with Crippen LogP contribution in [0.2, 0.25) is 5.02 Å². The van der Waals surface area contributed by atoms with Crippen LogP contribution in [0.4, 0.5) is 5.95 Å². The molecular weight excluding hydrogens is 434 g/mol. The molecule has 0 bridgehead atoms. The van der Waals surface area contributed by atoms with Crippen LogP contribution in [0.15, 0.2) is 43.2 Å². The monoisotopic (exact) mass is 457 g/mol. The molecule has 2 unspecified atom stereocenters.